The standard InChI is InChI=1S/C13H27N3/c1-14-10-13(6-7-13)12(15-2)11-5-4-8-16(3)9-11/h11-12,14-15H,4-10H2,1-3H3. The van der Waals surface area contributed by atoms with E-state index < -0.39 is 0 Å². The Morgan fingerprint density at radius 1 is 1.38 bits per heavy atom. The van der Waals surface area contributed by atoms with Gasteiger partial charge < -0.3 is 15.5 Å². The Morgan fingerprint density at radius 2 is 2.12 bits per heavy atom. The molecular weight excluding hydrogens is 198 g/mol. The van der Waals surface area contributed by atoms with Crippen LogP contribution in [0.4, 0.5) is 0 Å². The van der Waals surface area contributed by atoms with E-state index in [1.165, 1.54) is 45.3 Å². The second kappa shape index (κ2) is 5.03. The van der Waals surface area contributed by atoms with Crippen molar-refractivity contribution in [2.24, 2.45) is 11.3 Å². The third-order valence-corrected chi connectivity index (χ3v) is 4.52. The largest absolute Gasteiger partial charge is 0.319 e. The molecule has 0 spiro atoms. The van der Waals surface area contributed by atoms with Crippen LogP contribution in [0.3, 0.4) is 0 Å². The van der Waals surface area contributed by atoms with Gasteiger partial charge in [0.05, 0.1) is 0 Å². The highest BCUT2D eigenvalue weighted by molar-refractivity contribution is 5.06. The van der Waals surface area contributed by atoms with Gasteiger partial charge in [0.25, 0.3) is 0 Å². The van der Waals surface area contributed by atoms with Crippen molar-refractivity contribution in [1.29, 1.82) is 0 Å². The van der Waals surface area contributed by atoms with Crippen LogP contribution in [-0.4, -0.2) is 51.7 Å². The fraction of sp³-hybridized carbons (Fsp3) is 1.00. The second-order valence-corrected chi connectivity index (χ2v) is 5.82. The SMILES string of the molecule is CNCC1(C(NC)C2CCCN(C)C2)CC1. The molecule has 16 heavy (non-hydrogen) atoms. The first-order valence-corrected chi connectivity index (χ1v) is 6.72. The lowest BCUT2D eigenvalue weighted by Gasteiger charge is -2.39. The van der Waals surface area contributed by atoms with E-state index in [-0.39, 0.29) is 0 Å². The zero-order valence-electron chi connectivity index (χ0n) is 11.1. The smallest absolute Gasteiger partial charge is 0.0173 e. The highest BCUT2D eigenvalue weighted by Gasteiger charge is 2.50. The molecular formula is C13H27N3. The second-order valence-electron chi connectivity index (χ2n) is 5.82. The molecule has 2 fully saturated rings. The van der Waals surface area contributed by atoms with Gasteiger partial charge in [-0.3, -0.25) is 0 Å². The zero-order chi connectivity index (χ0) is 11.6. The quantitative estimate of drug-likeness (QED) is 0.728. The summed E-state index contributed by atoms with van der Waals surface area (Å²) < 4.78 is 0. The van der Waals surface area contributed by atoms with E-state index in [1.807, 2.05) is 0 Å². The Hall–Kier alpha value is -0.120. The fourth-order valence-electron chi connectivity index (χ4n) is 3.63. The first kappa shape index (κ1) is 12.3. The van der Waals surface area contributed by atoms with Crippen molar-refractivity contribution in [3.63, 3.8) is 0 Å². The number of likely N-dealkylation sites (tertiary alicyclic amines) is 1. The number of piperidine rings is 1. The molecule has 1 saturated heterocycles. The van der Waals surface area contributed by atoms with Crippen molar-refractivity contribution < 1.29 is 0 Å². The molecule has 0 aromatic rings. The number of hydrogen-bond acceptors (Lipinski definition) is 3. The lowest BCUT2D eigenvalue weighted by atomic mass is 9.81. The van der Waals surface area contributed by atoms with Crippen LogP contribution in [0.15, 0.2) is 0 Å². The fourth-order valence-corrected chi connectivity index (χ4v) is 3.63. The maximum Gasteiger partial charge on any atom is 0.0173 e. The van der Waals surface area contributed by atoms with Gasteiger partial charge in [-0.05, 0) is 64.7 Å². The van der Waals surface area contributed by atoms with Gasteiger partial charge in [-0.1, -0.05) is 0 Å². The van der Waals surface area contributed by atoms with Gasteiger partial charge in [-0.25, -0.2) is 0 Å². The van der Waals surface area contributed by atoms with Crippen LogP contribution in [0.25, 0.3) is 0 Å². The number of rotatable bonds is 5. The summed E-state index contributed by atoms with van der Waals surface area (Å²) in [4.78, 5) is 2.49. The highest BCUT2D eigenvalue weighted by Crippen LogP contribution is 2.51. The van der Waals surface area contributed by atoms with Crippen LogP contribution in [0.1, 0.15) is 25.7 Å². The summed E-state index contributed by atoms with van der Waals surface area (Å²) >= 11 is 0. The summed E-state index contributed by atoms with van der Waals surface area (Å²) in [7, 11) is 6.49. The van der Waals surface area contributed by atoms with Crippen molar-refractivity contribution in [3.8, 4) is 0 Å². The molecule has 0 aromatic carbocycles. The first-order chi connectivity index (χ1) is 7.72. The Morgan fingerprint density at radius 3 is 2.62 bits per heavy atom. The molecule has 94 valence electrons. The molecule has 1 heterocycles. The number of nitrogens with one attached hydrogen (secondary N) is 2. The molecule has 0 bridgehead atoms. The topological polar surface area (TPSA) is 27.3 Å². The maximum absolute atomic E-state index is 3.61. The van der Waals surface area contributed by atoms with E-state index in [0.29, 0.717) is 11.5 Å². The highest BCUT2D eigenvalue weighted by atomic mass is 15.1. The summed E-state index contributed by atoms with van der Waals surface area (Å²) in [5.74, 6) is 0.847. The summed E-state index contributed by atoms with van der Waals surface area (Å²) in [5, 5.41) is 7.00. The van der Waals surface area contributed by atoms with Crippen molar-refractivity contribution in [2.75, 3.05) is 40.8 Å². The summed E-state index contributed by atoms with van der Waals surface area (Å²) in [6.45, 7) is 3.74. The average Bonchev–Trinajstić information content (AvgIpc) is 3.00. The third-order valence-electron chi connectivity index (χ3n) is 4.52. The molecule has 2 aliphatic rings. The molecule has 1 aliphatic heterocycles. The van der Waals surface area contributed by atoms with Crippen LogP contribution in [-0.2, 0) is 0 Å². The van der Waals surface area contributed by atoms with E-state index >= 15 is 0 Å². The van der Waals surface area contributed by atoms with Gasteiger partial charge in [-0.15, -0.1) is 0 Å². The molecule has 0 aromatic heterocycles. The Balaban J connectivity index is 1.98. The van der Waals surface area contributed by atoms with E-state index in [2.05, 4.69) is 36.7 Å². The molecule has 0 amide bonds. The van der Waals surface area contributed by atoms with Gasteiger partial charge in [0.15, 0.2) is 0 Å². The van der Waals surface area contributed by atoms with E-state index in [0.717, 1.165) is 5.92 Å². The van der Waals surface area contributed by atoms with Crippen LogP contribution in [0.2, 0.25) is 0 Å². The third kappa shape index (κ3) is 2.41. The predicted octanol–water partition coefficient (Wildman–Crippen LogP) is 0.916. The molecule has 2 rings (SSSR count). The molecule has 0 radical (unpaired) electrons. The maximum atomic E-state index is 3.61. The van der Waals surface area contributed by atoms with Crippen molar-refractivity contribution in [2.45, 2.75) is 31.7 Å². The first-order valence-electron chi connectivity index (χ1n) is 6.72. The van der Waals surface area contributed by atoms with Crippen LogP contribution < -0.4 is 10.6 Å². The predicted molar refractivity (Wildman–Crippen MR) is 68.7 cm³/mol. The summed E-state index contributed by atoms with van der Waals surface area (Å²) in [5.41, 5.74) is 0.562. The molecule has 2 atom stereocenters. The molecule has 1 aliphatic carbocycles. The van der Waals surface area contributed by atoms with Crippen LogP contribution in [0.5, 0.6) is 0 Å². The Kier molecular flexibility index (Phi) is 3.88. The Labute approximate surface area is 100.0 Å². The van der Waals surface area contributed by atoms with Crippen LogP contribution >= 0.6 is 0 Å². The number of hydrogen-bond donors (Lipinski definition) is 2. The van der Waals surface area contributed by atoms with Gasteiger partial charge in [0, 0.05) is 19.1 Å². The van der Waals surface area contributed by atoms with E-state index in [1.54, 1.807) is 0 Å². The van der Waals surface area contributed by atoms with Crippen molar-refractivity contribution >= 4 is 0 Å². The molecule has 1 saturated carbocycles. The minimum atomic E-state index is 0.562. The van der Waals surface area contributed by atoms with Crippen molar-refractivity contribution in [1.82, 2.24) is 15.5 Å². The normalized spacial score (nSPS) is 31.3. The molecule has 3 nitrogen and oxygen atoms in total. The lowest BCUT2D eigenvalue weighted by molar-refractivity contribution is 0.139. The molecule has 2 unspecified atom stereocenters. The van der Waals surface area contributed by atoms with E-state index in [9.17, 15) is 0 Å². The summed E-state index contributed by atoms with van der Waals surface area (Å²) in [6.07, 6.45) is 5.58. The summed E-state index contributed by atoms with van der Waals surface area (Å²) in [6, 6.07) is 0.711. The van der Waals surface area contributed by atoms with Gasteiger partial charge in [-0.2, -0.15) is 0 Å². The van der Waals surface area contributed by atoms with Gasteiger partial charge in [0.1, 0.15) is 0 Å². The monoisotopic (exact) mass is 225 g/mol. The number of nitrogens with zero attached hydrogens (tertiary/aromatic N) is 1. The van der Waals surface area contributed by atoms with Gasteiger partial charge >= 0.3 is 0 Å². The van der Waals surface area contributed by atoms with Crippen molar-refractivity contribution in [3.05, 3.63) is 0 Å². The lowest BCUT2D eigenvalue weighted by Crippen LogP contribution is -2.50. The average molecular weight is 225 g/mol. The minimum Gasteiger partial charge on any atom is -0.319 e. The Bertz CT molecular complexity index is 225. The van der Waals surface area contributed by atoms with Crippen LogP contribution in [0, 0.1) is 11.3 Å². The molecule has 2 N–H and O–H groups in total. The minimum absolute atomic E-state index is 0.562. The van der Waals surface area contributed by atoms with E-state index in [4.69, 9.17) is 0 Å². The molecule has 3 heteroatoms. The zero-order valence-corrected chi connectivity index (χ0v) is 11.1. The van der Waals surface area contributed by atoms with Gasteiger partial charge in [0.2, 0.25) is 0 Å².